The number of nitrogens with zero attached hydrogens (tertiary/aromatic N) is 1. The van der Waals surface area contributed by atoms with Gasteiger partial charge in [0.1, 0.15) is 5.60 Å². The Morgan fingerprint density at radius 3 is 2.19 bits per heavy atom. The van der Waals surface area contributed by atoms with Crippen molar-refractivity contribution < 1.29 is 23.9 Å². The van der Waals surface area contributed by atoms with E-state index >= 15 is 0 Å². The second-order valence-electron chi connectivity index (χ2n) is 11.9. The Morgan fingerprint density at radius 1 is 0.929 bits per heavy atom. The maximum Gasteiger partial charge on any atom is 0.331 e. The number of rotatable bonds is 10. The standard InChI is InChI=1S/C35H38N2O5/c1-35(2,3)42-34(40)29(23-41-22-25-15-9-5-10-16-25)37-28(20-19-24-13-7-4-8-14-24)31(33(37)39)30-27(21-36-32(30)38)26-17-11-6-12-18-26/h4-20,27-31H,21-23H2,1-3H3,(H,36,38)/t27-,28-,29-,30?,31-/m1/s1. The van der Waals surface area contributed by atoms with Crippen LogP contribution in [0.5, 0.6) is 0 Å². The summed E-state index contributed by atoms with van der Waals surface area (Å²) in [7, 11) is 0. The van der Waals surface area contributed by atoms with E-state index in [9.17, 15) is 14.4 Å². The Labute approximate surface area is 247 Å². The highest BCUT2D eigenvalue weighted by Crippen LogP contribution is 2.44. The van der Waals surface area contributed by atoms with Crippen LogP contribution in [-0.4, -0.2) is 53.5 Å². The lowest BCUT2D eigenvalue weighted by Gasteiger charge is -2.51. The summed E-state index contributed by atoms with van der Waals surface area (Å²) < 4.78 is 11.8. The molecule has 0 bridgehead atoms. The molecule has 5 atom stereocenters. The van der Waals surface area contributed by atoms with E-state index in [4.69, 9.17) is 9.47 Å². The van der Waals surface area contributed by atoms with Gasteiger partial charge in [0.05, 0.1) is 31.1 Å². The van der Waals surface area contributed by atoms with Gasteiger partial charge in [-0.2, -0.15) is 0 Å². The number of esters is 1. The monoisotopic (exact) mass is 566 g/mol. The number of carbonyl (C=O) groups excluding carboxylic acids is 3. The molecule has 7 heteroatoms. The minimum Gasteiger partial charge on any atom is -0.458 e. The lowest BCUT2D eigenvalue weighted by atomic mass is 9.70. The summed E-state index contributed by atoms with van der Waals surface area (Å²) in [4.78, 5) is 42.5. The minimum absolute atomic E-state index is 0.0308. The third-order valence-corrected chi connectivity index (χ3v) is 7.76. The highest BCUT2D eigenvalue weighted by atomic mass is 16.6. The summed E-state index contributed by atoms with van der Waals surface area (Å²) in [5.41, 5.74) is 2.18. The molecule has 0 aromatic heterocycles. The maximum atomic E-state index is 14.1. The van der Waals surface area contributed by atoms with Crippen LogP contribution in [0, 0.1) is 11.8 Å². The van der Waals surface area contributed by atoms with Gasteiger partial charge in [-0.25, -0.2) is 4.79 Å². The second kappa shape index (κ2) is 12.7. The van der Waals surface area contributed by atoms with E-state index < -0.39 is 35.5 Å². The van der Waals surface area contributed by atoms with Gasteiger partial charge < -0.3 is 19.7 Å². The number of hydrogen-bond acceptors (Lipinski definition) is 5. The molecule has 42 heavy (non-hydrogen) atoms. The zero-order valence-corrected chi connectivity index (χ0v) is 24.3. The molecule has 3 aromatic carbocycles. The molecule has 2 heterocycles. The first-order valence-corrected chi connectivity index (χ1v) is 14.5. The van der Waals surface area contributed by atoms with Gasteiger partial charge in [0, 0.05) is 12.5 Å². The minimum atomic E-state index is -0.971. The molecule has 1 N–H and O–H groups in total. The molecule has 2 saturated heterocycles. The second-order valence-corrected chi connectivity index (χ2v) is 11.9. The molecule has 218 valence electrons. The van der Waals surface area contributed by atoms with Crippen LogP contribution in [0.2, 0.25) is 0 Å². The molecular weight excluding hydrogens is 528 g/mol. The van der Waals surface area contributed by atoms with Crippen molar-refractivity contribution in [3.63, 3.8) is 0 Å². The quantitative estimate of drug-likeness (QED) is 0.276. The predicted molar refractivity (Wildman–Crippen MR) is 161 cm³/mol. The van der Waals surface area contributed by atoms with Crippen molar-refractivity contribution in [1.82, 2.24) is 10.2 Å². The molecule has 0 saturated carbocycles. The molecule has 2 aliphatic heterocycles. The summed E-state index contributed by atoms with van der Waals surface area (Å²) >= 11 is 0. The number of β-lactam (4-membered cyclic amide) rings is 1. The average Bonchev–Trinajstić information content (AvgIpc) is 3.35. The molecule has 1 unspecified atom stereocenters. The predicted octanol–water partition coefficient (Wildman–Crippen LogP) is 4.98. The van der Waals surface area contributed by atoms with Crippen LogP contribution < -0.4 is 5.32 Å². The van der Waals surface area contributed by atoms with E-state index in [1.807, 2.05) is 103 Å². The van der Waals surface area contributed by atoms with Gasteiger partial charge in [-0.3, -0.25) is 9.59 Å². The summed E-state index contributed by atoms with van der Waals surface area (Å²) in [5, 5.41) is 2.98. The maximum absolute atomic E-state index is 14.1. The Bertz CT molecular complexity index is 1400. The number of carbonyl (C=O) groups is 3. The third kappa shape index (κ3) is 6.63. The van der Waals surface area contributed by atoms with Crippen molar-refractivity contribution in [3.05, 3.63) is 114 Å². The van der Waals surface area contributed by atoms with E-state index in [0.717, 1.165) is 16.7 Å². The van der Waals surface area contributed by atoms with Crippen molar-refractivity contribution in [2.24, 2.45) is 11.8 Å². The fourth-order valence-electron chi connectivity index (χ4n) is 5.84. The van der Waals surface area contributed by atoms with Crippen LogP contribution >= 0.6 is 0 Å². The smallest absolute Gasteiger partial charge is 0.331 e. The zero-order chi connectivity index (χ0) is 29.7. The van der Waals surface area contributed by atoms with E-state index in [-0.39, 0.29) is 30.9 Å². The highest BCUT2D eigenvalue weighted by molar-refractivity contribution is 5.97. The van der Waals surface area contributed by atoms with Crippen LogP contribution in [0.25, 0.3) is 6.08 Å². The first-order valence-electron chi connectivity index (χ1n) is 14.5. The molecule has 0 spiro atoms. The molecule has 3 aromatic rings. The molecule has 2 fully saturated rings. The molecule has 2 amide bonds. The first kappa shape index (κ1) is 29.3. The number of hydrogen-bond donors (Lipinski definition) is 1. The Balaban J connectivity index is 1.46. The van der Waals surface area contributed by atoms with Crippen LogP contribution in [0.3, 0.4) is 0 Å². The van der Waals surface area contributed by atoms with Gasteiger partial charge >= 0.3 is 5.97 Å². The van der Waals surface area contributed by atoms with Crippen molar-refractivity contribution in [1.29, 1.82) is 0 Å². The van der Waals surface area contributed by atoms with Crippen LogP contribution in [0.1, 0.15) is 43.4 Å². The third-order valence-electron chi connectivity index (χ3n) is 7.76. The van der Waals surface area contributed by atoms with Crippen molar-refractivity contribution in [2.75, 3.05) is 13.2 Å². The first-order chi connectivity index (χ1) is 20.2. The fraction of sp³-hybridized carbons (Fsp3) is 0.343. The molecule has 5 rings (SSSR count). The molecular formula is C35H38N2O5. The number of nitrogens with one attached hydrogen (secondary N) is 1. The zero-order valence-electron chi connectivity index (χ0n) is 24.3. The van der Waals surface area contributed by atoms with Gasteiger partial charge in [-0.05, 0) is 37.5 Å². The van der Waals surface area contributed by atoms with Crippen molar-refractivity contribution in [3.8, 4) is 0 Å². The molecule has 0 radical (unpaired) electrons. The van der Waals surface area contributed by atoms with Gasteiger partial charge in [-0.1, -0.05) is 103 Å². The van der Waals surface area contributed by atoms with Gasteiger partial charge in [0.15, 0.2) is 6.04 Å². The van der Waals surface area contributed by atoms with Crippen molar-refractivity contribution in [2.45, 2.75) is 51.0 Å². The Hall–Kier alpha value is -4.23. The van der Waals surface area contributed by atoms with E-state index in [2.05, 4.69) is 5.32 Å². The number of amides is 2. The number of benzene rings is 3. The lowest BCUT2D eigenvalue weighted by molar-refractivity contribution is -0.182. The van der Waals surface area contributed by atoms with Crippen LogP contribution in [0.15, 0.2) is 97.1 Å². The summed E-state index contributed by atoms with van der Waals surface area (Å²) in [6.45, 7) is 6.12. The van der Waals surface area contributed by atoms with E-state index in [0.29, 0.717) is 6.54 Å². The normalized spacial score (nSPS) is 23.0. The number of ether oxygens (including phenoxy) is 2. The lowest BCUT2D eigenvalue weighted by Crippen LogP contribution is -2.69. The van der Waals surface area contributed by atoms with Crippen LogP contribution in [-0.2, 0) is 30.5 Å². The van der Waals surface area contributed by atoms with E-state index in [1.54, 1.807) is 25.7 Å². The largest absolute Gasteiger partial charge is 0.458 e. The Kier molecular flexibility index (Phi) is 8.88. The molecule has 2 aliphatic rings. The SMILES string of the molecule is CC(C)(C)OC(=O)[C@@H](COCc1ccccc1)N1C(=O)[C@@H](C2C(=O)NC[C@@H]2c2ccccc2)[C@H]1C=Cc1ccccc1. The topological polar surface area (TPSA) is 84.9 Å². The summed E-state index contributed by atoms with van der Waals surface area (Å²) in [5.74, 6) is -2.27. The van der Waals surface area contributed by atoms with E-state index in [1.165, 1.54) is 0 Å². The number of likely N-dealkylation sites (tertiary alicyclic amines) is 1. The molecule has 0 aliphatic carbocycles. The highest BCUT2D eigenvalue weighted by Gasteiger charge is 2.59. The van der Waals surface area contributed by atoms with Gasteiger partial charge in [0.2, 0.25) is 11.8 Å². The summed E-state index contributed by atoms with van der Waals surface area (Å²) in [6.07, 6.45) is 3.88. The fourth-order valence-corrected chi connectivity index (χ4v) is 5.84. The van der Waals surface area contributed by atoms with Gasteiger partial charge in [-0.15, -0.1) is 0 Å². The van der Waals surface area contributed by atoms with Crippen molar-refractivity contribution >= 4 is 23.9 Å². The molecule has 7 nitrogen and oxygen atoms in total. The van der Waals surface area contributed by atoms with Gasteiger partial charge in [0.25, 0.3) is 0 Å². The van der Waals surface area contributed by atoms with Crippen LogP contribution in [0.4, 0.5) is 0 Å². The summed E-state index contributed by atoms with van der Waals surface area (Å²) in [6, 6.07) is 27.8. The Morgan fingerprint density at radius 2 is 1.55 bits per heavy atom. The average molecular weight is 567 g/mol.